The maximum atomic E-state index is 11.3. The fraction of sp³-hybridized carbons (Fsp3) is 0.250. The number of anilines is 1. The lowest BCUT2D eigenvalue weighted by Crippen LogP contribution is -2.33. The highest BCUT2D eigenvalue weighted by Crippen LogP contribution is 2.26. The smallest absolute Gasteiger partial charge is 0.335 e. The third-order valence-electron chi connectivity index (χ3n) is 5.46. The lowest BCUT2D eigenvalue weighted by atomic mass is 10.1. The van der Waals surface area contributed by atoms with Crippen molar-refractivity contribution in [3.05, 3.63) is 77.9 Å². The van der Waals surface area contributed by atoms with Gasteiger partial charge >= 0.3 is 5.97 Å². The first-order valence-electron chi connectivity index (χ1n) is 10.7. The molecule has 1 aromatic carbocycles. The Morgan fingerprint density at radius 2 is 2.15 bits per heavy atom. The highest BCUT2D eigenvalue weighted by atomic mass is 16.5. The zero-order valence-corrected chi connectivity index (χ0v) is 18.3. The molecule has 0 radical (unpaired) electrons. The summed E-state index contributed by atoms with van der Waals surface area (Å²) in [5.41, 5.74) is 7.90. The summed E-state index contributed by atoms with van der Waals surface area (Å²) < 4.78 is 5.36. The van der Waals surface area contributed by atoms with Gasteiger partial charge in [0.05, 0.1) is 18.2 Å². The van der Waals surface area contributed by atoms with Crippen molar-refractivity contribution >= 4 is 29.0 Å². The van der Waals surface area contributed by atoms with Crippen molar-refractivity contribution in [1.29, 1.82) is 0 Å². The highest BCUT2D eigenvalue weighted by Gasteiger charge is 2.25. The number of aliphatic imine (C=N–C) groups is 1. The number of ether oxygens (including phenoxy) is 1. The zero-order chi connectivity index (χ0) is 23.2. The normalized spacial score (nSPS) is 16.9. The van der Waals surface area contributed by atoms with Gasteiger partial charge < -0.3 is 25.5 Å². The summed E-state index contributed by atoms with van der Waals surface area (Å²) in [6.45, 7) is 1.58. The molecule has 9 nitrogen and oxygen atoms in total. The molecule has 0 amide bonds. The molecule has 170 valence electrons. The Labute approximate surface area is 191 Å². The first-order chi connectivity index (χ1) is 16.0. The van der Waals surface area contributed by atoms with Gasteiger partial charge in [0.25, 0.3) is 0 Å². The Bertz CT molecular complexity index is 1170. The zero-order valence-electron chi connectivity index (χ0n) is 18.3. The van der Waals surface area contributed by atoms with Gasteiger partial charge in [-0.3, -0.25) is 0 Å². The van der Waals surface area contributed by atoms with E-state index in [9.17, 15) is 9.90 Å². The molecular formula is C24H26N6O3. The minimum atomic E-state index is -1.01. The van der Waals surface area contributed by atoms with Gasteiger partial charge in [0.15, 0.2) is 11.6 Å². The highest BCUT2D eigenvalue weighted by molar-refractivity contribution is 6.10. The summed E-state index contributed by atoms with van der Waals surface area (Å²) in [5, 5.41) is 9.27. The van der Waals surface area contributed by atoms with Crippen LogP contribution in [0.4, 0.5) is 11.6 Å². The molecule has 3 aromatic rings. The minimum absolute atomic E-state index is 0.158. The van der Waals surface area contributed by atoms with Gasteiger partial charge in [-0.2, -0.15) is 0 Å². The molecule has 33 heavy (non-hydrogen) atoms. The predicted molar refractivity (Wildman–Crippen MR) is 127 cm³/mol. The molecule has 1 atom stereocenters. The van der Waals surface area contributed by atoms with Crippen LogP contribution >= 0.6 is 0 Å². The fourth-order valence-electron chi connectivity index (χ4n) is 3.88. The number of benzene rings is 1. The molecule has 0 spiro atoms. The number of aromatic carboxylic acids is 1. The van der Waals surface area contributed by atoms with E-state index in [1.54, 1.807) is 37.7 Å². The Morgan fingerprint density at radius 1 is 1.33 bits per heavy atom. The molecule has 1 aliphatic rings. The van der Waals surface area contributed by atoms with Crippen LogP contribution in [-0.4, -0.2) is 58.0 Å². The maximum Gasteiger partial charge on any atom is 0.335 e. The quantitative estimate of drug-likeness (QED) is 0.453. The van der Waals surface area contributed by atoms with Crippen molar-refractivity contribution in [2.24, 2.45) is 10.7 Å². The van der Waals surface area contributed by atoms with Crippen LogP contribution in [0.15, 0.2) is 65.9 Å². The number of H-pyrrole nitrogens is 1. The first kappa shape index (κ1) is 22.2. The number of carbonyl (C=O) groups is 1. The lowest BCUT2D eigenvalue weighted by molar-refractivity contribution is 0.0697. The number of methoxy groups -OCH3 is 1. The molecule has 4 N–H and O–H groups in total. The Balaban J connectivity index is 1.69. The standard InChI is InChI=1S/C24H26N6O3/c1-33-15-18-7-4-12-30(18)22-9-3-8-21(29-22)28-20(23-26-10-11-27-23)14-19(25)16-5-2-6-17(13-16)24(31)32/h2-3,5-6,8-11,13-14,18H,4,7,12,15,25H2,1H3,(H,26,27)(H,31,32)/b19-14-,28-20?. The molecule has 0 saturated carbocycles. The number of aromatic nitrogens is 3. The SMILES string of the molecule is COCC1CCCN1c1cccc(N=C(/C=C(\N)c2cccc(C(=O)O)c2)c2ncc[nH]2)n1. The van der Waals surface area contributed by atoms with Crippen molar-refractivity contribution in [3.8, 4) is 0 Å². The average molecular weight is 447 g/mol. The molecule has 1 fully saturated rings. The number of carboxylic acid groups (broad SMARTS) is 1. The van der Waals surface area contributed by atoms with Crippen molar-refractivity contribution < 1.29 is 14.6 Å². The van der Waals surface area contributed by atoms with Crippen LogP contribution in [0.25, 0.3) is 5.70 Å². The van der Waals surface area contributed by atoms with E-state index in [2.05, 4.69) is 14.9 Å². The molecule has 1 aliphatic heterocycles. The summed E-state index contributed by atoms with van der Waals surface area (Å²) in [4.78, 5) is 30.4. The van der Waals surface area contributed by atoms with Gasteiger partial charge in [-0.25, -0.2) is 19.8 Å². The molecule has 0 bridgehead atoms. The number of nitrogens with one attached hydrogen (secondary N) is 1. The van der Waals surface area contributed by atoms with Gasteiger partial charge in [-0.15, -0.1) is 0 Å². The molecule has 1 unspecified atom stereocenters. The van der Waals surface area contributed by atoms with Crippen molar-refractivity contribution in [2.45, 2.75) is 18.9 Å². The largest absolute Gasteiger partial charge is 0.478 e. The molecule has 3 heterocycles. The van der Waals surface area contributed by atoms with Crippen LogP contribution in [0.3, 0.4) is 0 Å². The molecule has 4 rings (SSSR count). The lowest BCUT2D eigenvalue weighted by Gasteiger charge is -2.25. The van der Waals surface area contributed by atoms with Crippen molar-refractivity contribution in [2.75, 3.05) is 25.2 Å². The predicted octanol–water partition coefficient (Wildman–Crippen LogP) is 3.24. The Kier molecular flexibility index (Phi) is 6.80. The maximum absolute atomic E-state index is 11.3. The van der Waals surface area contributed by atoms with E-state index in [0.717, 1.165) is 25.2 Å². The molecular weight excluding hydrogens is 420 g/mol. The van der Waals surface area contributed by atoms with Crippen LogP contribution in [0.2, 0.25) is 0 Å². The molecule has 9 heteroatoms. The number of rotatable bonds is 8. The van der Waals surface area contributed by atoms with Crippen molar-refractivity contribution in [1.82, 2.24) is 15.0 Å². The summed E-state index contributed by atoms with van der Waals surface area (Å²) in [6, 6.07) is 12.5. The number of nitrogens with zero attached hydrogens (tertiary/aromatic N) is 4. The number of nitrogens with two attached hydrogens (primary N) is 1. The topological polar surface area (TPSA) is 130 Å². The second-order valence-corrected chi connectivity index (χ2v) is 7.72. The van der Waals surface area contributed by atoms with Gasteiger partial charge in [-0.1, -0.05) is 18.2 Å². The number of pyridine rings is 1. The fourth-order valence-corrected chi connectivity index (χ4v) is 3.88. The summed E-state index contributed by atoms with van der Waals surface area (Å²) in [6.07, 6.45) is 7.15. The number of imidazole rings is 1. The van der Waals surface area contributed by atoms with E-state index in [-0.39, 0.29) is 5.56 Å². The van der Waals surface area contributed by atoms with Gasteiger partial charge in [-0.05, 0) is 48.7 Å². The molecule has 1 saturated heterocycles. The van der Waals surface area contributed by atoms with E-state index < -0.39 is 5.97 Å². The molecule has 0 aliphatic carbocycles. The van der Waals surface area contributed by atoms with Gasteiger partial charge in [0, 0.05) is 31.7 Å². The van der Waals surface area contributed by atoms with E-state index in [1.165, 1.54) is 12.1 Å². The van der Waals surface area contributed by atoms with E-state index >= 15 is 0 Å². The average Bonchev–Trinajstić information content (AvgIpc) is 3.52. The van der Waals surface area contributed by atoms with Gasteiger partial charge in [0.1, 0.15) is 11.5 Å². The number of hydrogen-bond donors (Lipinski definition) is 3. The molecule has 2 aromatic heterocycles. The second-order valence-electron chi connectivity index (χ2n) is 7.72. The summed E-state index contributed by atoms with van der Waals surface area (Å²) >= 11 is 0. The summed E-state index contributed by atoms with van der Waals surface area (Å²) in [7, 11) is 1.71. The van der Waals surface area contributed by atoms with E-state index in [4.69, 9.17) is 20.4 Å². The third-order valence-corrected chi connectivity index (χ3v) is 5.46. The van der Waals surface area contributed by atoms with Crippen LogP contribution in [0.1, 0.15) is 34.6 Å². The monoisotopic (exact) mass is 446 g/mol. The second kappa shape index (κ2) is 10.1. The van der Waals surface area contributed by atoms with Crippen LogP contribution in [0, 0.1) is 0 Å². The number of allylic oxidation sites excluding steroid dienone is 1. The van der Waals surface area contributed by atoms with Crippen molar-refractivity contribution in [3.63, 3.8) is 0 Å². The van der Waals surface area contributed by atoms with Crippen LogP contribution in [-0.2, 0) is 4.74 Å². The summed E-state index contributed by atoms with van der Waals surface area (Å²) in [5.74, 6) is 0.878. The Morgan fingerprint density at radius 3 is 2.91 bits per heavy atom. The van der Waals surface area contributed by atoms with Crippen LogP contribution in [0.5, 0.6) is 0 Å². The van der Waals surface area contributed by atoms with E-state index in [0.29, 0.717) is 41.3 Å². The number of carboxylic acids is 1. The Hall–Kier alpha value is -3.98. The third kappa shape index (κ3) is 5.27. The number of aromatic amines is 1. The van der Waals surface area contributed by atoms with Crippen LogP contribution < -0.4 is 10.6 Å². The number of hydrogen-bond acceptors (Lipinski definition) is 7. The first-order valence-corrected chi connectivity index (χ1v) is 10.7. The minimum Gasteiger partial charge on any atom is -0.478 e. The van der Waals surface area contributed by atoms with Gasteiger partial charge in [0.2, 0.25) is 0 Å². The van der Waals surface area contributed by atoms with E-state index in [1.807, 2.05) is 18.2 Å².